The minimum atomic E-state index is -0.777. The van der Waals surface area contributed by atoms with Gasteiger partial charge in [0.2, 0.25) is 5.95 Å². The highest BCUT2D eigenvalue weighted by Gasteiger charge is 2.31. The summed E-state index contributed by atoms with van der Waals surface area (Å²) in [6, 6.07) is 16.3. The maximum atomic E-state index is 14.0. The quantitative estimate of drug-likeness (QED) is 0.226. The van der Waals surface area contributed by atoms with Gasteiger partial charge in [0.1, 0.15) is 11.3 Å². The van der Waals surface area contributed by atoms with Crippen LogP contribution in [0.4, 0.5) is 11.8 Å². The molecule has 2 aromatic heterocycles. The first-order chi connectivity index (χ1) is 19.5. The van der Waals surface area contributed by atoms with Crippen molar-refractivity contribution in [3.63, 3.8) is 0 Å². The molecule has 0 saturated heterocycles. The molecule has 0 unspecified atom stereocenters. The number of hydrogen-bond donors (Lipinski definition) is 1. The van der Waals surface area contributed by atoms with Crippen LogP contribution >= 0.6 is 23.2 Å². The molecule has 1 amide bonds. The van der Waals surface area contributed by atoms with Gasteiger partial charge in [0.25, 0.3) is 5.91 Å². The summed E-state index contributed by atoms with van der Waals surface area (Å²) in [5.41, 5.74) is 1.41. The Morgan fingerprint density at radius 1 is 0.976 bits per heavy atom. The molecule has 42 heavy (non-hydrogen) atoms. The molecular weight excluding hydrogens is 575 g/mol. The first kappa shape index (κ1) is 31.1. The molecule has 222 valence electrons. The van der Waals surface area contributed by atoms with Gasteiger partial charge in [0.15, 0.2) is 11.5 Å². The molecule has 0 aliphatic carbocycles. The molecule has 0 saturated carbocycles. The summed E-state index contributed by atoms with van der Waals surface area (Å²) in [5, 5.41) is 8.60. The summed E-state index contributed by atoms with van der Waals surface area (Å²) in [6.45, 7) is 11.6. The molecule has 9 nitrogen and oxygen atoms in total. The first-order valence-electron chi connectivity index (χ1n) is 13.5. The third-order valence-corrected chi connectivity index (χ3v) is 6.80. The molecule has 0 bridgehead atoms. The Hall–Kier alpha value is -3.82. The number of para-hydroxylation sites is 1. The number of rotatable bonds is 7. The molecule has 2 heterocycles. The fourth-order valence-electron chi connectivity index (χ4n) is 4.20. The smallest absolute Gasteiger partial charge is 0.359 e. The van der Waals surface area contributed by atoms with Crippen molar-refractivity contribution >= 4 is 46.8 Å². The van der Waals surface area contributed by atoms with Gasteiger partial charge in [-0.2, -0.15) is 10.1 Å². The van der Waals surface area contributed by atoms with E-state index in [1.54, 1.807) is 59.2 Å². The Kier molecular flexibility index (Phi) is 8.76. The maximum Gasteiger partial charge on any atom is 0.359 e. The van der Waals surface area contributed by atoms with Crippen LogP contribution in [0, 0.1) is 0 Å². The molecule has 0 aliphatic rings. The van der Waals surface area contributed by atoms with Crippen molar-refractivity contribution in [3.05, 3.63) is 87.3 Å². The van der Waals surface area contributed by atoms with Crippen molar-refractivity contribution in [1.29, 1.82) is 0 Å². The molecule has 4 aromatic rings. The lowest BCUT2D eigenvalue weighted by atomic mass is 9.92. The summed E-state index contributed by atoms with van der Waals surface area (Å²) >= 11 is 12.6. The number of halogens is 2. The molecule has 11 heteroatoms. The van der Waals surface area contributed by atoms with Crippen LogP contribution < -0.4 is 10.2 Å². The van der Waals surface area contributed by atoms with Gasteiger partial charge < -0.3 is 15.0 Å². The molecule has 0 radical (unpaired) electrons. The molecule has 0 aliphatic heterocycles. The topological polar surface area (TPSA) is 94.3 Å². The first-order valence-corrected chi connectivity index (χ1v) is 14.2. The van der Waals surface area contributed by atoms with Gasteiger partial charge in [0.05, 0.1) is 12.2 Å². The Morgan fingerprint density at radius 2 is 1.64 bits per heavy atom. The van der Waals surface area contributed by atoms with E-state index in [2.05, 4.69) is 10.3 Å². The maximum absolute atomic E-state index is 14.0. The van der Waals surface area contributed by atoms with E-state index in [1.165, 1.54) is 0 Å². The van der Waals surface area contributed by atoms with Crippen LogP contribution in [-0.2, 0) is 16.7 Å². The van der Waals surface area contributed by atoms with Crippen molar-refractivity contribution in [1.82, 2.24) is 19.3 Å². The lowest BCUT2D eigenvalue weighted by Crippen LogP contribution is -2.27. The Bertz CT molecular complexity index is 1610. The second kappa shape index (κ2) is 11.8. The highest BCUT2D eigenvalue weighted by Crippen LogP contribution is 2.31. The minimum Gasteiger partial charge on any atom is -0.455 e. The fourth-order valence-corrected chi connectivity index (χ4v) is 4.67. The average molecular weight is 612 g/mol. The van der Waals surface area contributed by atoms with Crippen LogP contribution in [0.15, 0.2) is 54.6 Å². The zero-order chi connectivity index (χ0) is 31.0. The minimum absolute atomic E-state index is 0.0661. The second-order valence-electron chi connectivity index (χ2n) is 12.2. The largest absolute Gasteiger partial charge is 0.455 e. The number of aromatic nitrogens is 4. The standard InChI is InChI=1S/C31H36Cl2N6O3/c1-30(2,3)24-17-23(38(36-24)18-19-14-15-20(32)16-22(19)33)27(40)34-26-25(28(41)42-31(4,5)6)39(29(35-26)37(7)8)21-12-10-9-11-13-21/h9-17H,18H2,1-8H3,(H,34,40). The third kappa shape index (κ3) is 6.97. The molecule has 0 spiro atoms. The predicted molar refractivity (Wildman–Crippen MR) is 168 cm³/mol. The number of carbonyl (C=O) groups is 2. The van der Waals surface area contributed by atoms with E-state index in [0.717, 1.165) is 5.56 Å². The van der Waals surface area contributed by atoms with E-state index in [9.17, 15) is 9.59 Å². The van der Waals surface area contributed by atoms with Crippen LogP contribution in [0.3, 0.4) is 0 Å². The average Bonchev–Trinajstić information content (AvgIpc) is 3.47. The lowest BCUT2D eigenvalue weighted by molar-refractivity contribution is 0.00619. The summed E-state index contributed by atoms with van der Waals surface area (Å²) in [5.74, 6) is -0.611. The zero-order valence-corrected chi connectivity index (χ0v) is 26.6. The predicted octanol–water partition coefficient (Wildman–Crippen LogP) is 7.00. The second-order valence-corrected chi connectivity index (χ2v) is 13.0. The van der Waals surface area contributed by atoms with Crippen molar-refractivity contribution in [3.8, 4) is 5.69 Å². The van der Waals surface area contributed by atoms with Crippen LogP contribution in [0.2, 0.25) is 10.0 Å². The van der Waals surface area contributed by atoms with Crippen molar-refractivity contribution < 1.29 is 14.3 Å². The zero-order valence-electron chi connectivity index (χ0n) is 25.1. The van der Waals surface area contributed by atoms with Gasteiger partial charge in [-0.3, -0.25) is 14.0 Å². The number of hydrogen-bond acceptors (Lipinski definition) is 6. The van der Waals surface area contributed by atoms with E-state index in [-0.39, 0.29) is 29.2 Å². The number of nitrogens with one attached hydrogen (secondary N) is 1. The monoisotopic (exact) mass is 610 g/mol. The number of nitrogens with zero attached hydrogens (tertiary/aromatic N) is 5. The molecule has 4 rings (SSSR count). The van der Waals surface area contributed by atoms with E-state index >= 15 is 0 Å². The number of ether oxygens (including phenoxy) is 1. The van der Waals surface area contributed by atoms with E-state index in [4.69, 9.17) is 33.0 Å². The normalized spacial score (nSPS) is 11.9. The lowest BCUT2D eigenvalue weighted by Gasteiger charge is -2.21. The van der Waals surface area contributed by atoms with Crippen molar-refractivity contribution in [2.75, 3.05) is 24.3 Å². The SMILES string of the molecule is CN(C)c1nc(NC(=O)c2cc(C(C)(C)C)nn2Cc2ccc(Cl)cc2Cl)c(C(=O)OC(C)(C)C)n1-c1ccccc1. The summed E-state index contributed by atoms with van der Waals surface area (Å²) in [7, 11) is 3.62. The molecule has 0 atom stereocenters. The van der Waals surface area contributed by atoms with Crippen molar-refractivity contribution in [2.24, 2.45) is 0 Å². The van der Waals surface area contributed by atoms with E-state index in [1.807, 2.05) is 65.2 Å². The Labute approximate surface area is 256 Å². The Balaban J connectivity index is 1.83. The van der Waals surface area contributed by atoms with Gasteiger partial charge in [-0.25, -0.2) is 4.79 Å². The summed E-state index contributed by atoms with van der Waals surface area (Å²) < 4.78 is 9.04. The summed E-state index contributed by atoms with van der Waals surface area (Å²) in [4.78, 5) is 34.0. The van der Waals surface area contributed by atoms with Crippen molar-refractivity contribution in [2.45, 2.75) is 59.1 Å². The van der Waals surface area contributed by atoms with E-state index < -0.39 is 17.5 Å². The number of benzene rings is 2. The van der Waals surface area contributed by atoms with Crippen LogP contribution in [0.1, 0.15) is 73.8 Å². The number of anilines is 2. The third-order valence-electron chi connectivity index (χ3n) is 6.21. The Morgan fingerprint density at radius 3 is 2.21 bits per heavy atom. The van der Waals surface area contributed by atoms with Crippen LogP contribution in [0.5, 0.6) is 0 Å². The fraction of sp³-hybridized carbons (Fsp3) is 0.355. The number of carbonyl (C=O) groups excluding carboxylic acids is 2. The van der Waals surface area contributed by atoms with Crippen LogP contribution in [-0.4, -0.2) is 50.9 Å². The van der Waals surface area contributed by atoms with E-state index in [0.29, 0.717) is 27.4 Å². The highest BCUT2D eigenvalue weighted by molar-refractivity contribution is 6.35. The van der Waals surface area contributed by atoms with Gasteiger partial charge >= 0.3 is 5.97 Å². The number of imidazole rings is 1. The molecule has 1 N–H and O–H groups in total. The van der Waals surface area contributed by atoms with Gasteiger partial charge in [0, 0.05) is 35.2 Å². The number of amides is 1. The van der Waals surface area contributed by atoms with Gasteiger partial charge in [-0.15, -0.1) is 0 Å². The molecule has 2 aromatic carbocycles. The highest BCUT2D eigenvalue weighted by atomic mass is 35.5. The van der Waals surface area contributed by atoms with Gasteiger partial charge in [-0.05, 0) is 56.7 Å². The molecular formula is C31H36Cl2N6O3. The number of esters is 1. The van der Waals surface area contributed by atoms with Crippen LogP contribution in [0.25, 0.3) is 5.69 Å². The van der Waals surface area contributed by atoms with Gasteiger partial charge in [-0.1, -0.05) is 68.2 Å². The molecule has 0 fully saturated rings. The summed E-state index contributed by atoms with van der Waals surface area (Å²) in [6.07, 6.45) is 0.